The zero-order valence-electron chi connectivity index (χ0n) is 17.8. The Labute approximate surface area is 185 Å². The molecule has 32 heavy (non-hydrogen) atoms. The van der Waals surface area contributed by atoms with Crippen LogP contribution in [-0.4, -0.2) is 37.1 Å². The SMILES string of the molecule is C[C@]1(C(=O)O)CC[C@@H](Oc2ccc(-c3ccc(-c4nc5ccccc5[nH]4)cn3)cn2)CC1. The summed E-state index contributed by atoms with van der Waals surface area (Å²) in [7, 11) is 0. The third kappa shape index (κ3) is 3.93. The standard InChI is InChI=1S/C25H24N4O3/c1-25(24(30)31)12-10-18(11-13-25)32-22-9-7-16(14-27-22)19-8-6-17(15-26-19)23-28-20-4-2-3-5-21(20)29-23/h2-9,14-15,18H,10-13H2,1H3,(H,28,29)(H,30,31)/t18-,25+. The summed E-state index contributed by atoms with van der Waals surface area (Å²) in [5.74, 6) is 0.618. The maximum Gasteiger partial charge on any atom is 0.309 e. The number of benzene rings is 1. The number of hydrogen-bond donors (Lipinski definition) is 2. The van der Waals surface area contributed by atoms with Crippen molar-refractivity contribution < 1.29 is 14.6 Å². The van der Waals surface area contributed by atoms with Crippen LogP contribution in [0.1, 0.15) is 32.6 Å². The van der Waals surface area contributed by atoms with E-state index in [1.54, 1.807) is 12.4 Å². The molecule has 0 bridgehead atoms. The number of para-hydroxylation sites is 2. The molecule has 7 heteroatoms. The topological polar surface area (TPSA) is 101 Å². The molecule has 0 saturated heterocycles. The average molecular weight is 428 g/mol. The number of H-pyrrole nitrogens is 1. The lowest BCUT2D eigenvalue weighted by molar-refractivity contribution is -0.150. The maximum absolute atomic E-state index is 11.4. The Morgan fingerprint density at radius 3 is 2.44 bits per heavy atom. The number of imidazole rings is 1. The highest BCUT2D eigenvalue weighted by Crippen LogP contribution is 2.37. The summed E-state index contributed by atoms with van der Waals surface area (Å²) in [6.07, 6.45) is 6.23. The van der Waals surface area contributed by atoms with Gasteiger partial charge < -0.3 is 14.8 Å². The van der Waals surface area contributed by atoms with Crippen molar-refractivity contribution in [3.63, 3.8) is 0 Å². The molecule has 0 unspecified atom stereocenters. The number of aromatic amines is 1. The second-order valence-electron chi connectivity index (χ2n) is 8.60. The van der Waals surface area contributed by atoms with Crippen molar-refractivity contribution >= 4 is 17.0 Å². The number of nitrogens with one attached hydrogen (secondary N) is 1. The fourth-order valence-corrected chi connectivity index (χ4v) is 4.13. The van der Waals surface area contributed by atoms with Crippen molar-refractivity contribution in [2.75, 3.05) is 0 Å². The fourth-order valence-electron chi connectivity index (χ4n) is 4.13. The lowest BCUT2D eigenvalue weighted by Crippen LogP contribution is -2.36. The summed E-state index contributed by atoms with van der Waals surface area (Å²) in [5.41, 5.74) is 3.92. The van der Waals surface area contributed by atoms with E-state index < -0.39 is 11.4 Å². The van der Waals surface area contributed by atoms with Crippen LogP contribution in [0.5, 0.6) is 5.88 Å². The summed E-state index contributed by atoms with van der Waals surface area (Å²) in [6, 6.07) is 15.7. The van der Waals surface area contributed by atoms with Gasteiger partial charge in [0.1, 0.15) is 11.9 Å². The van der Waals surface area contributed by atoms with E-state index in [1.807, 2.05) is 55.5 Å². The van der Waals surface area contributed by atoms with Crippen LogP contribution in [0.2, 0.25) is 0 Å². The molecule has 0 amide bonds. The van der Waals surface area contributed by atoms with Crippen LogP contribution in [-0.2, 0) is 4.79 Å². The van der Waals surface area contributed by atoms with Crippen LogP contribution in [0.15, 0.2) is 60.9 Å². The zero-order valence-corrected chi connectivity index (χ0v) is 17.8. The van der Waals surface area contributed by atoms with Crippen molar-refractivity contribution in [1.29, 1.82) is 0 Å². The number of carbonyl (C=O) groups is 1. The second kappa shape index (κ2) is 8.07. The minimum Gasteiger partial charge on any atom is -0.481 e. The number of ether oxygens (including phenoxy) is 1. The molecular formula is C25H24N4O3. The number of fused-ring (bicyclic) bond motifs is 1. The quantitative estimate of drug-likeness (QED) is 0.459. The molecule has 3 heterocycles. The zero-order chi connectivity index (χ0) is 22.1. The van der Waals surface area contributed by atoms with Crippen molar-refractivity contribution in [2.24, 2.45) is 5.41 Å². The van der Waals surface area contributed by atoms with Crippen molar-refractivity contribution in [3.05, 3.63) is 60.9 Å². The first-order chi connectivity index (χ1) is 15.5. The molecule has 0 radical (unpaired) electrons. The molecular weight excluding hydrogens is 404 g/mol. The fraction of sp³-hybridized carbons (Fsp3) is 0.280. The van der Waals surface area contributed by atoms with Gasteiger partial charge >= 0.3 is 5.97 Å². The lowest BCUT2D eigenvalue weighted by atomic mass is 9.75. The van der Waals surface area contributed by atoms with Gasteiger partial charge in [0.25, 0.3) is 0 Å². The molecule has 0 atom stereocenters. The van der Waals surface area contributed by atoms with Crippen LogP contribution >= 0.6 is 0 Å². The monoisotopic (exact) mass is 428 g/mol. The first-order valence-electron chi connectivity index (χ1n) is 10.8. The van der Waals surface area contributed by atoms with Gasteiger partial charge in [0.2, 0.25) is 5.88 Å². The first-order valence-corrected chi connectivity index (χ1v) is 10.8. The van der Waals surface area contributed by atoms with Gasteiger partial charge in [-0.05, 0) is 62.9 Å². The Morgan fingerprint density at radius 2 is 1.78 bits per heavy atom. The molecule has 162 valence electrons. The van der Waals surface area contributed by atoms with Gasteiger partial charge in [0.05, 0.1) is 22.1 Å². The molecule has 1 aliphatic rings. The third-order valence-corrected chi connectivity index (χ3v) is 6.30. The summed E-state index contributed by atoms with van der Waals surface area (Å²) < 4.78 is 5.99. The first kappa shape index (κ1) is 20.2. The Bertz CT molecular complexity index is 1210. The molecule has 1 fully saturated rings. The number of rotatable bonds is 5. The molecule has 7 nitrogen and oxygen atoms in total. The van der Waals surface area contributed by atoms with Crippen LogP contribution in [0.3, 0.4) is 0 Å². The van der Waals surface area contributed by atoms with Gasteiger partial charge in [-0.1, -0.05) is 12.1 Å². The molecule has 0 spiro atoms. The smallest absolute Gasteiger partial charge is 0.309 e. The van der Waals surface area contributed by atoms with Gasteiger partial charge in [-0.15, -0.1) is 0 Å². The number of aliphatic carboxylic acids is 1. The number of hydrogen-bond acceptors (Lipinski definition) is 5. The summed E-state index contributed by atoms with van der Waals surface area (Å²) in [5, 5.41) is 9.36. The predicted octanol–water partition coefficient (Wildman–Crippen LogP) is 5.10. The van der Waals surface area contributed by atoms with E-state index in [0.717, 1.165) is 46.5 Å². The molecule has 1 aliphatic carbocycles. The number of carboxylic acid groups (broad SMARTS) is 1. The molecule has 5 rings (SSSR count). The molecule has 1 saturated carbocycles. The maximum atomic E-state index is 11.4. The van der Waals surface area contributed by atoms with Gasteiger partial charge in [0.15, 0.2) is 0 Å². The molecule has 4 aromatic rings. The van der Waals surface area contributed by atoms with Gasteiger partial charge in [-0.25, -0.2) is 9.97 Å². The molecule has 0 aliphatic heterocycles. The Morgan fingerprint density at radius 1 is 1.03 bits per heavy atom. The summed E-state index contributed by atoms with van der Waals surface area (Å²) in [6.45, 7) is 1.81. The largest absolute Gasteiger partial charge is 0.481 e. The van der Waals surface area contributed by atoms with E-state index in [9.17, 15) is 9.90 Å². The minimum absolute atomic E-state index is 0.00185. The average Bonchev–Trinajstić information content (AvgIpc) is 3.26. The van der Waals surface area contributed by atoms with Gasteiger partial charge in [-0.2, -0.15) is 0 Å². The number of pyridine rings is 2. The lowest BCUT2D eigenvalue weighted by Gasteiger charge is -2.33. The number of nitrogens with zero attached hydrogens (tertiary/aromatic N) is 3. The Kier molecular flexibility index (Phi) is 5.09. The predicted molar refractivity (Wildman–Crippen MR) is 121 cm³/mol. The van der Waals surface area contributed by atoms with Crippen LogP contribution in [0, 0.1) is 5.41 Å². The molecule has 1 aromatic carbocycles. The van der Waals surface area contributed by atoms with E-state index >= 15 is 0 Å². The van der Waals surface area contributed by atoms with E-state index in [0.29, 0.717) is 18.7 Å². The third-order valence-electron chi connectivity index (χ3n) is 6.30. The Balaban J connectivity index is 1.25. The highest BCUT2D eigenvalue weighted by atomic mass is 16.5. The van der Waals surface area contributed by atoms with E-state index in [4.69, 9.17) is 4.74 Å². The van der Waals surface area contributed by atoms with Crippen molar-refractivity contribution in [3.8, 4) is 28.5 Å². The minimum atomic E-state index is -0.725. The van der Waals surface area contributed by atoms with Crippen LogP contribution < -0.4 is 4.74 Å². The van der Waals surface area contributed by atoms with Crippen molar-refractivity contribution in [1.82, 2.24) is 19.9 Å². The van der Waals surface area contributed by atoms with E-state index in [-0.39, 0.29) is 6.10 Å². The highest BCUT2D eigenvalue weighted by molar-refractivity contribution is 5.79. The van der Waals surface area contributed by atoms with E-state index in [1.165, 1.54) is 0 Å². The molecule has 3 aromatic heterocycles. The summed E-state index contributed by atoms with van der Waals surface area (Å²) >= 11 is 0. The second-order valence-corrected chi connectivity index (χ2v) is 8.60. The molecule has 2 N–H and O–H groups in total. The normalized spacial score (nSPS) is 20.8. The Hall–Kier alpha value is -3.74. The van der Waals surface area contributed by atoms with Crippen LogP contribution in [0.4, 0.5) is 0 Å². The number of aromatic nitrogens is 4. The number of carboxylic acids is 1. The van der Waals surface area contributed by atoms with Crippen LogP contribution in [0.25, 0.3) is 33.7 Å². The highest BCUT2D eigenvalue weighted by Gasteiger charge is 2.38. The van der Waals surface area contributed by atoms with Gasteiger partial charge in [0, 0.05) is 29.6 Å². The summed E-state index contributed by atoms with van der Waals surface area (Å²) in [4.78, 5) is 28.3. The van der Waals surface area contributed by atoms with Crippen molar-refractivity contribution in [2.45, 2.75) is 38.7 Å². The van der Waals surface area contributed by atoms with E-state index in [2.05, 4.69) is 19.9 Å². The van der Waals surface area contributed by atoms with Gasteiger partial charge in [-0.3, -0.25) is 9.78 Å².